The summed E-state index contributed by atoms with van der Waals surface area (Å²) >= 11 is 0. The Bertz CT molecular complexity index is 822. The first-order valence-electron chi connectivity index (χ1n) is 9.85. The standard InChI is InChI=1S/C23H28N2O4/c1-27-21-13-18(14-22(15-21)28-2)7-8-23(26)24-16-19-5-3-4-6-20(19)17-25-9-11-29-12-10-25/h3-8,13-15H,9-12,16-17H2,1-2H3,(H,24,26)/p+1/b8-7+. The molecule has 0 radical (unpaired) electrons. The molecule has 1 amide bonds. The maximum atomic E-state index is 12.3. The number of hydrogen-bond donors (Lipinski definition) is 2. The van der Waals surface area contributed by atoms with Crippen molar-refractivity contribution in [3.05, 3.63) is 65.2 Å². The average Bonchev–Trinajstić information content (AvgIpc) is 2.77. The summed E-state index contributed by atoms with van der Waals surface area (Å²) in [7, 11) is 3.20. The lowest BCUT2D eigenvalue weighted by Gasteiger charge is -2.24. The number of rotatable bonds is 8. The first kappa shape index (κ1) is 20.9. The van der Waals surface area contributed by atoms with Crippen molar-refractivity contribution in [1.29, 1.82) is 0 Å². The normalized spacial score (nSPS) is 14.7. The molecule has 29 heavy (non-hydrogen) atoms. The van der Waals surface area contributed by atoms with Crippen molar-refractivity contribution < 1.29 is 23.9 Å². The molecular formula is C23H29N2O4+. The van der Waals surface area contributed by atoms with E-state index in [0.29, 0.717) is 18.0 Å². The molecule has 0 bridgehead atoms. The third-order valence-corrected chi connectivity index (χ3v) is 5.01. The third-order valence-electron chi connectivity index (χ3n) is 5.01. The molecule has 0 unspecified atom stereocenters. The number of nitrogens with one attached hydrogen (secondary N) is 2. The number of quaternary nitrogens is 1. The number of carbonyl (C=O) groups is 1. The quantitative estimate of drug-likeness (QED) is 0.662. The first-order valence-corrected chi connectivity index (χ1v) is 9.85. The van der Waals surface area contributed by atoms with Gasteiger partial charge in [0.1, 0.15) is 31.1 Å². The van der Waals surface area contributed by atoms with Crippen molar-refractivity contribution in [3.8, 4) is 11.5 Å². The lowest BCUT2D eigenvalue weighted by atomic mass is 10.1. The molecule has 3 rings (SSSR count). The third kappa shape index (κ3) is 6.34. The molecule has 0 spiro atoms. The van der Waals surface area contributed by atoms with E-state index in [1.807, 2.05) is 18.2 Å². The molecular weight excluding hydrogens is 368 g/mol. The van der Waals surface area contributed by atoms with Gasteiger partial charge < -0.3 is 24.4 Å². The van der Waals surface area contributed by atoms with Crippen molar-refractivity contribution in [3.63, 3.8) is 0 Å². The van der Waals surface area contributed by atoms with Gasteiger partial charge in [0.25, 0.3) is 0 Å². The number of methoxy groups -OCH3 is 2. The van der Waals surface area contributed by atoms with Gasteiger partial charge in [0.05, 0.1) is 27.4 Å². The highest BCUT2D eigenvalue weighted by Crippen LogP contribution is 2.23. The van der Waals surface area contributed by atoms with Crippen LogP contribution in [0.2, 0.25) is 0 Å². The van der Waals surface area contributed by atoms with E-state index in [1.165, 1.54) is 16.5 Å². The minimum Gasteiger partial charge on any atom is -0.497 e. The number of hydrogen-bond acceptors (Lipinski definition) is 4. The highest BCUT2D eigenvalue weighted by molar-refractivity contribution is 5.91. The molecule has 6 heteroatoms. The van der Waals surface area contributed by atoms with Gasteiger partial charge in [-0.1, -0.05) is 24.3 Å². The first-order chi connectivity index (χ1) is 14.2. The van der Waals surface area contributed by atoms with Crippen molar-refractivity contribution in [1.82, 2.24) is 5.32 Å². The van der Waals surface area contributed by atoms with E-state index in [-0.39, 0.29) is 5.91 Å². The number of ether oxygens (including phenoxy) is 3. The van der Waals surface area contributed by atoms with Crippen LogP contribution in [0.3, 0.4) is 0 Å². The molecule has 154 valence electrons. The van der Waals surface area contributed by atoms with E-state index in [1.54, 1.807) is 26.4 Å². The Morgan fingerprint density at radius 1 is 1.07 bits per heavy atom. The van der Waals surface area contributed by atoms with Crippen LogP contribution in [0.1, 0.15) is 16.7 Å². The van der Waals surface area contributed by atoms with Crippen LogP contribution in [0.4, 0.5) is 0 Å². The zero-order valence-electron chi connectivity index (χ0n) is 17.1. The summed E-state index contributed by atoms with van der Waals surface area (Å²) in [5.74, 6) is 1.23. The van der Waals surface area contributed by atoms with Crippen LogP contribution in [0.25, 0.3) is 6.08 Å². The fraction of sp³-hybridized carbons (Fsp3) is 0.348. The van der Waals surface area contributed by atoms with Gasteiger partial charge in [-0.3, -0.25) is 4.79 Å². The molecule has 0 aromatic heterocycles. The molecule has 2 aromatic rings. The smallest absolute Gasteiger partial charge is 0.244 e. The topological polar surface area (TPSA) is 61.2 Å². The van der Waals surface area contributed by atoms with Gasteiger partial charge in [0.15, 0.2) is 0 Å². The fourth-order valence-corrected chi connectivity index (χ4v) is 3.35. The Balaban J connectivity index is 1.59. The minimum atomic E-state index is -0.139. The Kier molecular flexibility index (Phi) is 7.67. The van der Waals surface area contributed by atoms with Crippen molar-refractivity contribution >= 4 is 12.0 Å². The Labute approximate surface area is 172 Å². The van der Waals surface area contributed by atoms with Gasteiger partial charge in [-0.05, 0) is 29.3 Å². The number of amides is 1. The Morgan fingerprint density at radius 2 is 1.72 bits per heavy atom. The second kappa shape index (κ2) is 10.6. The van der Waals surface area contributed by atoms with Gasteiger partial charge >= 0.3 is 0 Å². The molecule has 1 saturated heterocycles. The molecule has 1 aliphatic heterocycles. The van der Waals surface area contributed by atoms with E-state index < -0.39 is 0 Å². The molecule has 0 saturated carbocycles. The minimum absolute atomic E-state index is 0.139. The molecule has 0 aliphatic carbocycles. The lowest BCUT2D eigenvalue weighted by Crippen LogP contribution is -3.12. The number of morpholine rings is 1. The molecule has 1 heterocycles. The Morgan fingerprint density at radius 3 is 2.38 bits per heavy atom. The SMILES string of the molecule is COc1cc(/C=C/C(=O)NCc2ccccc2C[NH+]2CCOCC2)cc(OC)c1. The van der Waals surface area contributed by atoms with Crippen molar-refractivity contribution in [2.75, 3.05) is 40.5 Å². The van der Waals surface area contributed by atoms with Gasteiger partial charge in [0, 0.05) is 24.3 Å². The highest BCUT2D eigenvalue weighted by Gasteiger charge is 2.16. The summed E-state index contributed by atoms with van der Waals surface area (Å²) in [5, 5.41) is 2.98. The summed E-state index contributed by atoms with van der Waals surface area (Å²) < 4.78 is 16.0. The van der Waals surface area contributed by atoms with Gasteiger partial charge in [-0.25, -0.2) is 0 Å². The highest BCUT2D eigenvalue weighted by atomic mass is 16.5. The van der Waals surface area contributed by atoms with E-state index in [4.69, 9.17) is 14.2 Å². The molecule has 2 aromatic carbocycles. The predicted molar refractivity (Wildman–Crippen MR) is 112 cm³/mol. The van der Waals surface area contributed by atoms with Gasteiger partial charge in [-0.15, -0.1) is 0 Å². The summed E-state index contributed by atoms with van der Waals surface area (Å²) in [5.41, 5.74) is 3.26. The molecule has 2 N–H and O–H groups in total. The molecule has 6 nitrogen and oxygen atoms in total. The van der Waals surface area contributed by atoms with E-state index in [9.17, 15) is 4.79 Å². The predicted octanol–water partition coefficient (Wildman–Crippen LogP) is 1.45. The number of benzene rings is 2. The van der Waals surface area contributed by atoms with Gasteiger partial charge in [-0.2, -0.15) is 0 Å². The van der Waals surface area contributed by atoms with Crippen molar-refractivity contribution in [2.24, 2.45) is 0 Å². The fourth-order valence-electron chi connectivity index (χ4n) is 3.35. The molecule has 0 atom stereocenters. The van der Waals surface area contributed by atoms with E-state index in [0.717, 1.165) is 44.0 Å². The van der Waals surface area contributed by atoms with Crippen LogP contribution in [-0.4, -0.2) is 46.4 Å². The van der Waals surface area contributed by atoms with Gasteiger partial charge in [0.2, 0.25) is 5.91 Å². The summed E-state index contributed by atoms with van der Waals surface area (Å²) in [4.78, 5) is 13.8. The monoisotopic (exact) mass is 397 g/mol. The zero-order valence-corrected chi connectivity index (χ0v) is 17.1. The molecule has 1 fully saturated rings. The number of carbonyl (C=O) groups excluding carboxylic acids is 1. The second-order valence-corrected chi connectivity index (χ2v) is 7.00. The maximum absolute atomic E-state index is 12.3. The van der Waals surface area contributed by atoms with Crippen LogP contribution < -0.4 is 19.7 Å². The zero-order chi connectivity index (χ0) is 20.5. The second-order valence-electron chi connectivity index (χ2n) is 7.00. The van der Waals surface area contributed by atoms with Crippen LogP contribution in [0.15, 0.2) is 48.5 Å². The van der Waals surface area contributed by atoms with Crippen molar-refractivity contribution in [2.45, 2.75) is 13.1 Å². The van der Waals surface area contributed by atoms with E-state index in [2.05, 4.69) is 23.5 Å². The summed E-state index contributed by atoms with van der Waals surface area (Å²) in [6.07, 6.45) is 3.29. The van der Waals surface area contributed by atoms with Crippen LogP contribution in [0, 0.1) is 0 Å². The summed E-state index contributed by atoms with van der Waals surface area (Å²) in [6, 6.07) is 13.8. The van der Waals surface area contributed by atoms with E-state index >= 15 is 0 Å². The molecule has 1 aliphatic rings. The summed E-state index contributed by atoms with van der Waals surface area (Å²) in [6.45, 7) is 5.13. The van der Waals surface area contributed by atoms with Crippen LogP contribution in [-0.2, 0) is 22.6 Å². The lowest BCUT2D eigenvalue weighted by molar-refractivity contribution is -0.921. The average molecular weight is 397 g/mol. The maximum Gasteiger partial charge on any atom is 0.244 e. The van der Waals surface area contributed by atoms with Crippen LogP contribution >= 0.6 is 0 Å². The van der Waals surface area contributed by atoms with Crippen LogP contribution in [0.5, 0.6) is 11.5 Å². The largest absolute Gasteiger partial charge is 0.497 e. The Hall–Kier alpha value is -2.83.